The molecule has 0 amide bonds. The third kappa shape index (κ3) is 1.87. The van der Waals surface area contributed by atoms with E-state index in [-0.39, 0.29) is 6.61 Å². The van der Waals surface area contributed by atoms with E-state index in [2.05, 4.69) is 4.52 Å². The summed E-state index contributed by atoms with van der Waals surface area (Å²) in [6.45, 7) is 0.125. The van der Waals surface area contributed by atoms with E-state index in [0.29, 0.717) is 0 Å². The molecule has 1 saturated heterocycles. The van der Waals surface area contributed by atoms with E-state index in [9.17, 15) is 0 Å². The lowest BCUT2D eigenvalue weighted by atomic mass is 10.1. The molecule has 1 aliphatic heterocycles. The van der Waals surface area contributed by atoms with E-state index in [0.717, 1.165) is 0 Å². The highest BCUT2D eigenvalue weighted by molar-refractivity contribution is 7.09. The summed E-state index contributed by atoms with van der Waals surface area (Å²) in [5, 5.41) is 27.0. The summed E-state index contributed by atoms with van der Waals surface area (Å²) in [5.41, 5.74) is 0. The minimum absolute atomic E-state index is 0.125. The average molecular weight is 182 g/mol. The fourth-order valence-corrected chi connectivity index (χ4v) is 1.15. The number of hydrogen-bond donors (Lipinski definition) is 3. The van der Waals surface area contributed by atoms with E-state index in [1.54, 1.807) is 0 Å². The summed E-state index contributed by atoms with van der Waals surface area (Å²) in [5.74, 6) is 0. The van der Waals surface area contributed by atoms with Gasteiger partial charge in [0.05, 0.1) is 6.61 Å². The second-order valence-electron chi connectivity index (χ2n) is 2.38. The van der Waals surface area contributed by atoms with Crippen molar-refractivity contribution in [3.05, 3.63) is 0 Å². The van der Waals surface area contributed by atoms with Gasteiger partial charge in [-0.3, -0.25) is 0 Å². The van der Waals surface area contributed by atoms with Gasteiger partial charge in [-0.2, -0.15) is 0 Å². The van der Waals surface area contributed by atoms with Gasteiger partial charge < -0.3 is 24.6 Å². The van der Waals surface area contributed by atoms with Crippen LogP contribution in [0.5, 0.6) is 0 Å². The maximum atomic E-state index is 9.13. The Kier molecular flexibility index (Phi) is 3.18. The average Bonchev–Trinajstić information content (AvgIpc) is 2.19. The van der Waals surface area contributed by atoms with Gasteiger partial charge in [-0.05, 0) is 0 Å². The van der Waals surface area contributed by atoms with Crippen molar-refractivity contribution in [3.8, 4) is 0 Å². The van der Waals surface area contributed by atoms with Crippen LogP contribution >= 0.6 is 9.47 Å². The highest BCUT2D eigenvalue weighted by Gasteiger charge is 2.41. The summed E-state index contributed by atoms with van der Waals surface area (Å²) in [7, 11) is 1.99. The molecule has 1 fully saturated rings. The van der Waals surface area contributed by atoms with E-state index in [1.807, 2.05) is 9.47 Å². The van der Waals surface area contributed by atoms with Crippen LogP contribution in [0.4, 0.5) is 0 Å². The number of ether oxygens (including phenoxy) is 1. The zero-order valence-electron chi connectivity index (χ0n) is 5.75. The maximum Gasteiger partial charge on any atom is 0.184 e. The summed E-state index contributed by atoms with van der Waals surface area (Å²) in [6.07, 6.45) is -4.28. The van der Waals surface area contributed by atoms with Crippen LogP contribution in [0.2, 0.25) is 0 Å². The minimum Gasteiger partial charge on any atom is -0.387 e. The molecule has 1 aliphatic rings. The molecule has 1 heterocycles. The van der Waals surface area contributed by atoms with Gasteiger partial charge >= 0.3 is 0 Å². The van der Waals surface area contributed by atoms with Crippen molar-refractivity contribution in [2.24, 2.45) is 0 Å². The number of rotatable bonds is 2. The van der Waals surface area contributed by atoms with Gasteiger partial charge in [-0.1, -0.05) is 0 Å². The lowest BCUT2D eigenvalue weighted by Crippen LogP contribution is -2.33. The lowest BCUT2D eigenvalue weighted by molar-refractivity contribution is -0.131. The van der Waals surface area contributed by atoms with Gasteiger partial charge in [0.1, 0.15) is 18.3 Å². The smallest absolute Gasteiger partial charge is 0.184 e. The first-order valence-electron chi connectivity index (χ1n) is 3.18. The van der Waals surface area contributed by atoms with Crippen LogP contribution in [-0.2, 0) is 9.26 Å². The van der Waals surface area contributed by atoms with Crippen molar-refractivity contribution < 1.29 is 24.6 Å². The molecule has 0 spiro atoms. The Bertz CT molecular complexity index is 132. The molecule has 6 heteroatoms. The summed E-state index contributed by atoms with van der Waals surface area (Å²) < 4.78 is 9.35. The van der Waals surface area contributed by atoms with E-state index in [4.69, 9.17) is 20.1 Å². The normalized spacial score (nSPS) is 44.7. The molecular weight excluding hydrogens is 171 g/mol. The Morgan fingerprint density at radius 2 is 1.91 bits per heavy atom. The topological polar surface area (TPSA) is 79.2 Å². The largest absolute Gasteiger partial charge is 0.387 e. The quantitative estimate of drug-likeness (QED) is 0.440. The standard InChI is InChI=1S/C5H11O5P/c6-3-2(1-9-11)10-5(8)4(3)7/h2-8H,1,11H2/t2-,3-,4-,5-/m1/s1. The first-order chi connectivity index (χ1) is 5.16. The number of hydrogen-bond acceptors (Lipinski definition) is 5. The fraction of sp³-hybridized carbons (Fsp3) is 1.00. The van der Waals surface area contributed by atoms with Crippen LogP contribution in [0.15, 0.2) is 0 Å². The van der Waals surface area contributed by atoms with Crippen LogP contribution in [0.25, 0.3) is 0 Å². The van der Waals surface area contributed by atoms with Crippen LogP contribution in [0.3, 0.4) is 0 Å². The Balaban J connectivity index is 2.45. The first kappa shape index (κ1) is 9.32. The second kappa shape index (κ2) is 3.76. The van der Waals surface area contributed by atoms with Gasteiger partial charge in [-0.15, -0.1) is 0 Å². The van der Waals surface area contributed by atoms with E-state index >= 15 is 0 Å². The monoisotopic (exact) mass is 182 g/mol. The zero-order valence-corrected chi connectivity index (χ0v) is 6.91. The third-order valence-electron chi connectivity index (χ3n) is 1.60. The molecule has 0 aromatic rings. The molecule has 0 aromatic heterocycles. The Hall–Kier alpha value is 0.230. The summed E-state index contributed by atoms with van der Waals surface area (Å²) in [4.78, 5) is 0. The molecule has 1 rings (SSSR count). The predicted molar refractivity (Wildman–Crippen MR) is 38.6 cm³/mol. The molecule has 0 aliphatic carbocycles. The van der Waals surface area contributed by atoms with Crippen molar-refractivity contribution in [2.45, 2.75) is 24.6 Å². The molecular formula is C5H11O5P. The van der Waals surface area contributed by atoms with Crippen LogP contribution in [0.1, 0.15) is 0 Å². The fourth-order valence-electron chi connectivity index (χ4n) is 0.961. The number of aliphatic hydroxyl groups excluding tert-OH is 3. The number of aliphatic hydroxyl groups is 3. The molecule has 0 aromatic carbocycles. The molecule has 1 unspecified atom stereocenters. The Labute approximate surface area is 66.2 Å². The summed E-state index contributed by atoms with van der Waals surface area (Å²) >= 11 is 0. The van der Waals surface area contributed by atoms with Gasteiger partial charge in [0.15, 0.2) is 6.29 Å². The van der Waals surface area contributed by atoms with Crippen molar-refractivity contribution >= 4 is 9.47 Å². The van der Waals surface area contributed by atoms with Crippen molar-refractivity contribution in [1.82, 2.24) is 0 Å². The molecule has 0 saturated carbocycles. The van der Waals surface area contributed by atoms with Crippen LogP contribution in [-0.4, -0.2) is 46.5 Å². The van der Waals surface area contributed by atoms with Gasteiger partial charge in [0, 0.05) is 9.47 Å². The van der Waals surface area contributed by atoms with Crippen LogP contribution < -0.4 is 0 Å². The highest BCUT2D eigenvalue weighted by Crippen LogP contribution is 2.19. The maximum absolute atomic E-state index is 9.13. The molecule has 5 atom stereocenters. The minimum atomic E-state index is -1.31. The van der Waals surface area contributed by atoms with Crippen molar-refractivity contribution in [2.75, 3.05) is 6.61 Å². The molecule has 0 radical (unpaired) electrons. The molecule has 11 heavy (non-hydrogen) atoms. The SMILES string of the molecule is O[C@@H]1[C@H](O)[C@@H](COP)O[C@H]1O. The summed E-state index contributed by atoms with van der Waals surface area (Å²) in [6, 6.07) is 0. The second-order valence-corrected chi connectivity index (χ2v) is 2.71. The predicted octanol–water partition coefficient (Wildman–Crippen LogP) is -1.77. The zero-order chi connectivity index (χ0) is 8.43. The molecule has 0 bridgehead atoms. The van der Waals surface area contributed by atoms with Crippen molar-refractivity contribution in [3.63, 3.8) is 0 Å². The Morgan fingerprint density at radius 1 is 1.27 bits per heavy atom. The van der Waals surface area contributed by atoms with Crippen molar-refractivity contribution in [1.29, 1.82) is 0 Å². The molecule has 5 nitrogen and oxygen atoms in total. The first-order valence-corrected chi connectivity index (χ1v) is 3.65. The Morgan fingerprint density at radius 3 is 2.27 bits per heavy atom. The van der Waals surface area contributed by atoms with Gasteiger partial charge in [0.25, 0.3) is 0 Å². The molecule has 66 valence electrons. The van der Waals surface area contributed by atoms with Crippen LogP contribution in [0, 0.1) is 0 Å². The lowest BCUT2D eigenvalue weighted by Gasteiger charge is -2.11. The van der Waals surface area contributed by atoms with E-state index < -0.39 is 24.6 Å². The third-order valence-corrected chi connectivity index (χ3v) is 1.79. The highest BCUT2D eigenvalue weighted by atomic mass is 31.0. The molecule has 3 N–H and O–H groups in total. The van der Waals surface area contributed by atoms with Gasteiger partial charge in [-0.25, -0.2) is 0 Å². The van der Waals surface area contributed by atoms with E-state index in [1.165, 1.54) is 0 Å². The van der Waals surface area contributed by atoms with Gasteiger partial charge in [0.2, 0.25) is 0 Å².